The molecule has 0 radical (unpaired) electrons. The molecule has 21 heavy (non-hydrogen) atoms. The predicted molar refractivity (Wildman–Crippen MR) is 87.4 cm³/mol. The van der Waals surface area contributed by atoms with Crippen LogP contribution in [-0.4, -0.2) is 17.1 Å². The average Bonchev–Trinajstić information content (AvgIpc) is 2.50. The second kappa shape index (κ2) is 8.37. The lowest BCUT2D eigenvalue weighted by Gasteiger charge is -2.17. The number of nitrogens with zero attached hydrogens (tertiary/aromatic N) is 2. The quantitative estimate of drug-likeness (QED) is 0.495. The molecule has 1 atom stereocenters. The van der Waals surface area contributed by atoms with Crippen molar-refractivity contribution in [2.75, 3.05) is 0 Å². The third-order valence-electron chi connectivity index (χ3n) is 2.93. The Bertz CT molecular complexity index is 561. The number of amides is 1. The molecule has 0 saturated heterocycles. The number of hydrogen-bond acceptors (Lipinski definition) is 3. The number of halogens is 1. The Morgan fingerprint density at radius 2 is 2.29 bits per heavy atom. The molecule has 1 aromatic rings. The third-order valence-corrected chi connectivity index (χ3v) is 3.26. The van der Waals surface area contributed by atoms with Crippen molar-refractivity contribution in [3.8, 4) is 0 Å². The number of carbonyl (C=O) groups excluding carboxylic acids is 1. The highest BCUT2D eigenvalue weighted by Gasteiger charge is 2.17. The zero-order chi connectivity index (χ0) is 15.8. The number of nitrogens with one attached hydrogen (secondary N) is 1. The fraction of sp³-hybridized carbons (Fsp3) is 0.312. The van der Waals surface area contributed by atoms with Gasteiger partial charge in [0.1, 0.15) is 5.70 Å². The SMILES string of the molecule is C=C/C(Cl)=C(\N=C/C)C(=O)NC(CC)c1ccc(C)nc1. The first kappa shape index (κ1) is 17.1. The molecule has 1 aromatic heterocycles. The van der Waals surface area contributed by atoms with Crippen molar-refractivity contribution < 1.29 is 4.79 Å². The van der Waals surface area contributed by atoms with Gasteiger partial charge >= 0.3 is 0 Å². The Morgan fingerprint density at radius 1 is 1.57 bits per heavy atom. The van der Waals surface area contributed by atoms with Crippen LogP contribution in [0.5, 0.6) is 0 Å². The van der Waals surface area contributed by atoms with Crippen molar-refractivity contribution in [1.29, 1.82) is 0 Å². The van der Waals surface area contributed by atoms with Gasteiger partial charge in [-0.1, -0.05) is 31.2 Å². The summed E-state index contributed by atoms with van der Waals surface area (Å²) in [7, 11) is 0. The van der Waals surface area contributed by atoms with Crippen LogP contribution in [0.15, 0.2) is 46.7 Å². The van der Waals surface area contributed by atoms with Crippen LogP contribution < -0.4 is 5.32 Å². The number of aliphatic imine (C=N–C) groups is 1. The predicted octanol–water partition coefficient (Wildman–Crippen LogP) is 3.68. The van der Waals surface area contributed by atoms with E-state index in [0.29, 0.717) is 0 Å². The van der Waals surface area contributed by atoms with Crippen molar-refractivity contribution >= 4 is 23.7 Å². The molecule has 5 heteroatoms. The first-order valence-electron chi connectivity index (χ1n) is 6.77. The van der Waals surface area contributed by atoms with Crippen molar-refractivity contribution in [3.63, 3.8) is 0 Å². The lowest BCUT2D eigenvalue weighted by atomic mass is 10.1. The van der Waals surface area contributed by atoms with Gasteiger partial charge in [0.15, 0.2) is 0 Å². The highest BCUT2D eigenvalue weighted by Crippen LogP contribution is 2.18. The molecule has 0 aliphatic rings. The molecule has 1 heterocycles. The fourth-order valence-electron chi connectivity index (χ4n) is 1.79. The lowest BCUT2D eigenvalue weighted by Crippen LogP contribution is -2.29. The van der Waals surface area contributed by atoms with E-state index in [-0.39, 0.29) is 22.7 Å². The summed E-state index contributed by atoms with van der Waals surface area (Å²) in [6.45, 7) is 9.20. The van der Waals surface area contributed by atoms with E-state index < -0.39 is 0 Å². The highest BCUT2D eigenvalue weighted by molar-refractivity contribution is 6.33. The van der Waals surface area contributed by atoms with Crippen LogP contribution in [0.2, 0.25) is 0 Å². The zero-order valence-corrected chi connectivity index (χ0v) is 13.3. The average molecular weight is 306 g/mol. The van der Waals surface area contributed by atoms with Crippen molar-refractivity contribution in [2.24, 2.45) is 4.99 Å². The van der Waals surface area contributed by atoms with Gasteiger partial charge in [0.25, 0.3) is 5.91 Å². The highest BCUT2D eigenvalue weighted by atomic mass is 35.5. The van der Waals surface area contributed by atoms with Crippen molar-refractivity contribution in [3.05, 3.63) is 53.0 Å². The minimum Gasteiger partial charge on any atom is -0.344 e. The van der Waals surface area contributed by atoms with E-state index in [1.165, 1.54) is 12.3 Å². The molecule has 0 saturated carbocycles. The number of aromatic nitrogens is 1. The minimum atomic E-state index is -0.328. The zero-order valence-electron chi connectivity index (χ0n) is 12.6. The number of allylic oxidation sites excluding steroid dienone is 2. The van der Waals surface area contributed by atoms with Gasteiger partial charge in [-0.25, -0.2) is 0 Å². The summed E-state index contributed by atoms with van der Waals surface area (Å²) in [4.78, 5) is 20.6. The van der Waals surface area contributed by atoms with E-state index in [0.717, 1.165) is 17.7 Å². The smallest absolute Gasteiger partial charge is 0.271 e. The molecule has 1 unspecified atom stereocenters. The van der Waals surface area contributed by atoms with Gasteiger partial charge in [-0.15, -0.1) is 0 Å². The summed E-state index contributed by atoms with van der Waals surface area (Å²) in [6.07, 6.45) is 5.43. The maximum atomic E-state index is 12.3. The van der Waals surface area contributed by atoms with Gasteiger partial charge < -0.3 is 5.32 Å². The van der Waals surface area contributed by atoms with E-state index >= 15 is 0 Å². The van der Waals surface area contributed by atoms with E-state index in [4.69, 9.17) is 11.6 Å². The molecule has 0 fully saturated rings. The topological polar surface area (TPSA) is 54.4 Å². The maximum absolute atomic E-state index is 12.3. The molecule has 1 N–H and O–H groups in total. The molecule has 0 aliphatic heterocycles. The second-order valence-corrected chi connectivity index (χ2v) is 4.86. The Morgan fingerprint density at radius 3 is 2.76 bits per heavy atom. The monoisotopic (exact) mass is 305 g/mol. The van der Waals surface area contributed by atoms with Crippen LogP contribution in [0, 0.1) is 6.92 Å². The standard InChI is InChI=1S/C16H20ClN3O/c1-5-13(17)15(18-7-3)16(21)20-14(6-2)12-9-8-11(4)19-10-12/h5,7-10,14H,1,6H2,2-4H3,(H,20,21)/b15-13+,18-7-. The van der Waals surface area contributed by atoms with E-state index in [1.807, 2.05) is 26.0 Å². The van der Waals surface area contributed by atoms with Gasteiger partial charge in [0.05, 0.1) is 11.1 Å². The van der Waals surface area contributed by atoms with E-state index in [2.05, 4.69) is 21.9 Å². The van der Waals surface area contributed by atoms with Crippen molar-refractivity contribution in [1.82, 2.24) is 10.3 Å². The summed E-state index contributed by atoms with van der Waals surface area (Å²) < 4.78 is 0. The number of rotatable bonds is 6. The summed E-state index contributed by atoms with van der Waals surface area (Å²) in [6, 6.07) is 3.74. The molecule has 0 aliphatic carbocycles. The van der Waals surface area contributed by atoms with Crippen LogP contribution in [0.25, 0.3) is 0 Å². The maximum Gasteiger partial charge on any atom is 0.271 e. The molecule has 0 bridgehead atoms. The number of hydrogen-bond donors (Lipinski definition) is 1. The molecule has 4 nitrogen and oxygen atoms in total. The summed E-state index contributed by atoms with van der Waals surface area (Å²) in [5, 5.41) is 3.14. The summed E-state index contributed by atoms with van der Waals surface area (Å²) >= 11 is 5.97. The van der Waals surface area contributed by atoms with Gasteiger partial charge in [-0.2, -0.15) is 0 Å². The van der Waals surface area contributed by atoms with Gasteiger partial charge in [-0.05, 0) is 38.0 Å². The second-order valence-electron chi connectivity index (χ2n) is 4.46. The lowest BCUT2D eigenvalue weighted by molar-refractivity contribution is -0.118. The summed E-state index contributed by atoms with van der Waals surface area (Å²) in [5.74, 6) is -0.328. The Balaban J connectivity index is 2.97. The first-order chi connectivity index (χ1) is 10.0. The van der Waals surface area contributed by atoms with Crippen LogP contribution in [0.4, 0.5) is 0 Å². The minimum absolute atomic E-state index is 0.137. The van der Waals surface area contributed by atoms with E-state index in [1.54, 1.807) is 13.1 Å². The van der Waals surface area contributed by atoms with Crippen LogP contribution in [0.1, 0.15) is 37.6 Å². The van der Waals surface area contributed by atoms with Crippen LogP contribution in [0.3, 0.4) is 0 Å². The fourth-order valence-corrected chi connectivity index (χ4v) is 1.92. The first-order valence-corrected chi connectivity index (χ1v) is 7.15. The molecule has 112 valence electrons. The van der Waals surface area contributed by atoms with Gasteiger partial charge in [-0.3, -0.25) is 14.8 Å². The normalized spacial score (nSPS) is 13.7. The van der Waals surface area contributed by atoms with Crippen molar-refractivity contribution in [2.45, 2.75) is 33.2 Å². The van der Waals surface area contributed by atoms with Gasteiger partial charge in [0, 0.05) is 18.1 Å². The largest absolute Gasteiger partial charge is 0.344 e. The Hall–Kier alpha value is -1.94. The third kappa shape index (κ3) is 4.83. The molecule has 1 rings (SSSR count). The molecular weight excluding hydrogens is 286 g/mol. The summed E-state index contributed by atoms with van der Waals surface area (Å²) in [5.41, 5.74) is 2.05. The Labute approximate surface area is 130 Å². The van der Waals surface area contributed by atoms with Crippen LogP contribution in [-0.2, 0) is 4.79 Å². The van der Waals surface area contributed by atoms with Crippen LogP contribution >= 0.6 is 11.6 Å². The molecular formula is C16H20ClN3O. The van der Waals surface area contributed by atoms with Gasteiger partial charge in [0.2, 0.25) is 0 Å². The molecule has 0 aromatic carbocycles. The molecule has 1 amide bonds. The Kier molecular flexibility index (Phi) is 6.82. The number of pyridine rings is 1. The number of carbonyl (C=O) groups is 1. The van der Waals surface area contributed by atoms with E-state index in [9.17, 15) is 4.79 Å². The molecule has 0 spiro atoms. The number of aryl methyl sites for hydroxylation is 1.